The Morgan fingerprint density at radius 3 is 2.61 bits per heavy atom. The molecule has 0 atom stereocenters. The van der Waals surface area contributed by atoms with Crippen molar-refractivity contribution in [2.75, 3.05) is 30.1 Å². The third-order valence-electron chi connectivity index (χ3n) is 4.50. The van der Waals surface area contributed by atoms with Crippen LogP contribution in [0.3, 0.4) is 0 Å². The van der Waals surface area contributed by atoms with Crippen LogP contribution >= 0.6 is 0 Å². The molecule has 0 aliphatic carbocycles. The lowest BCUT2D eigenvalue weighted by molar-refractivity contribution is 0.0601. The first-order chi connectivity index (χ1) is 13.6. The number of nitrogens with zero attached hydrogens (tertiary/aromatic N) is 3. The first-order valence-electron chi connectivity index (χ1n) is 8.93. The fourth-order valence-corrected chi connectivity index (χ4v) is 2.99. The summed E-state index contributed by atoms with van der Waals surface area (Å²) in [5.74, 6) is 0.571. The van der Waals surface area contributed by atoms with E-state index in [2.05, 4.69) is 28.3 Å². The smallest absolute Gasteiger partial charge is 0.339 e. The van der Waals surface area contributed by atoms with Crippen LogP contribution in [-0.2, 0) is 11.2 Å². The Morgan fingerprint density at radius 2 is 1.86 bits per heavy atom. The summed E-state index contributed by atoms with van der Waals surface area (Å²) in [6, 6.07) is 15.1. The molecule has 3 rings (SSSR count). The summed E-state index contributed by atoms with van der Waals surface area (Å²) in [5, 5.41) is 3.29. The van der Waals surface area contributed by atoms with Gasteiger partial charge < -0.3 is 20.7 Å². The summed E-state index contributed by atoms with van der Waals surface area (Å²) in [4.78, 5) is 22.5. The lowest BCUT2D eigenvalue weighted by Crippen LogP contribution is -2.18. The number of benzene rings is 2. The van der Waals surface area contributed by atoms with Gasteiger partial charge in [-0.15, -0.1) is 0 Å². The van der Waals surface area contributed by atoms with Gasteiger partial charge in [0.25, 0.3) is 0 Å². The number of para-hydroxylation sites is 2. The van der Waals surface area contributed by atoms with E-state index in [1.807, 2.05) is 30.3 Å². The van der Waals surface area contributed by atoms with Gasteiger partial charge in [0.15, 0.2) is 11.6 Å². The van der Waals surface area contributed by atoms with Crippen LogP contribution < -0.4 is 16.0 Å². The van der Waals surface area contributed by atoms with Gasteiger partial charge in [0.1, 0.15) is 12.0 Å². The summed E-state index contributed by atoms with van der Waals surface area (Å²) >= 11 is 0. The van der Waals surface area contributed by atoms with Gasteiger partial charge in [-0.25, -0.2) is 14.8 Å². The van der Waals surface area contributed by atoms with Crippen molar-refractivity contribution in [1.29, 1.82) is 0 Å². The monoisotopic (exact) mass is 377 g/mol. The lowest BCUT2D eigenvalue weighted by atomic mass is 10.1. The molecule has 3 aromatic rings. The van der Waals surface area contributed by atoms with Crippen molar-refractivity contribution < 1.29 is 9.53 Å². The minimum atomic E-state index is -0.426. The molecule has 0 radical (unpaired) electrons. The summed E-state index contributed by atoms with van der Waals surface area (Å²) in [7, 11) is 3.15. The number of nitrogens with one attached hydrogen (secondary N) is 1. The van der Waals surface area contributed by atoms with Crippen LogP contribution in [-0.4, -0.2) is 30.1 Å². The summed E-state index contributed by atoms with van der Waals surface area (Å²) in [6.45, 7) is 2.09. The number of aryl methyl sites for hydroxylation is 1. The average Bonchev–Trinajstić information content (AvgIpc) is 2.74. The maximum atomic E-state index is 12.1. The molecule has 1 aromatic heterocycles. The van der Waals surface area contributed by atoms with Crippen molar-refractivity contribution in [3.05, 3.63) is 66.0 Å². The second-order valence-electron chi connectivity index (χ2n) is 6.16. The second-order valence-corrected chi connectivity index (χ2v) is 6.16. The SMILES string of the molecule is CCc1ccccc1Nc1ncnc(N(C)c2ccccc2C(=O)OC)c1N. The Kier molecular flexibility index (Phi) is 5.74. The quantitative estimate of drug-likeness (QED) is 0.629. The first-order valence-corrected chi connectivity index (χ1v) is 8.93. The van der Waals surface area contributed by atoms with Crippen molar-refractivity contribution in [3.8, 4) is 0 Å². The molecule has 0 aliphatic heterocycles. The molecule has 3 N–H and O–H groups in total. The molecule has 0 fully saturated rings. The van der Waals surface area contributed by atoms with Crippen molar-refractivity contribution >= 4 is 34.7 Å². The zero-order chi connectivity index (χ0) is 20.1. The van der Waals surface area contributed by atoms with Gasteiger partial charge in [-0.3, -0.25) is 0 Å². The van der Waals surface area contributed by atoms with E-state index >= 15 is 0 Å². The molecule has 0 spiro atoms. The molecular formula is C21H23N5O2. The number of ether oxygens (including phenoxy) is 1. The molecule has 144 valence electrons. The highest BCUT2D eigenvalue weighted by Crippen LogP contribution is 2.34. The Bertz CT molecular complexity index is 990. The Hall–Kier alpha value is -3.61. The maximum absolute atomic E-state index is 12.1. The van der Waals surface area contributed by atoms with Gasteiger partial charge in [0.05, 0.1) is 18.4 Å². The number of hydrogen-bond donors (Lipinski definition) is 2. The third kappa shape index (κ3) is 3.73. The molecule has 28 heavy (non-hydrogen) atoms. The van der Waals surface area contributed by atoms with Gasteiger partial charge in [-0.05, 0) is 30.2 Å². The van der Waals surface area contributed by atoms with Gasteiger partial charge in [-0.2, -0.15) is 0 Å². The fraction of sp³-hybridized carbons (Fsp3) is 0.190. The number of rotatable bonds is 6. The van der Waals surface area contributed by atoms with Gasteiger partial charge >= 0.3 is 5.97 Å². The molecule has 0 bridgehead atoms. The third-order valence-corrected chi connectivity index (χ3v) is 4.50. The highest BCUT2D eigenvalue weighted by atomic mass is 16.5. The largest absolute Gasteiger partial charge is 0.465 e. The molecule has 2 aromatic carbocycles. The first kappa shape index (κ1) is 19.2. The molecule has 1 heterocycles. The van der Waals surface area contributed by atoms with E-state index in [4.69, 9.17) is 10.5 Å². The molecule has 0 unspecified atom stereocenters. The van der Waals surface area contributed by atoms with E-state index < -0.39 is 5.97 Å². The Balaban J connectivity index is 1.99. The van der Waals surface area contributed by atoms with Crippen molar-refractivity contribution in [2.45, 2.75) is 13.3 Å². The van der Waals surface area contributed by atoms with E-state index in [-0.39, 0.29) is 0 Å². The molecule has 7 heteroatoms. The van der Waals surface area contributed by atoms with Gasteiger partial charge in [0.2, 0.25) is 0 Å². The van der Waals surface area contributed by atoms with Gasteiger partial charge in [0, 0.05) is 12.7 Å². The van der Waals surface area contributed by atoms with E-state index in [0.29, 0.717) is 28.6 Å². The van der Waals surface area contributed by atoms with Crippen LogP contribution in [0.1, 0.15) is 22.8 Å². The van der Waals surface area contributed by atoms with Crippen molar-refractivity contribution in [1.82, 2.24) is 9.97 Å². The number of carbonyl (C=O) groups is 1. The average molecular weight is 377 g/mol. The standard InChI is InChI=1S/C21H23N5O2/c1-4-14-9-5-7-11-16(14)25-19-18(22)20(24-13-23-19)26(2)17-12-8-6-10-15(17)21(27)28-3/h5-13H,4,22H2,1-3H3,(H,23,24,25). The number of anilines is 5. The minimum absolute atomic E-state index is 0.385. The van der Waals surface area contributed by atoms with Crippen LogP contribution in [0.15, 0.2) is 54.9 Å². The highest BCUT2D eigenvalue weighted by Gasteiger charge is 2.19. The predicted molar refractivity (Wildman–Crippen MR) is 111 cm³/mol. The summed E-state index contributed by atoms with van der Waals surface area (Å²) in [6.07, 6.45) is 2.33. The van der Waals surface area contributed by atoms with E-state index in [9.17, 15) is 4.79 Å². The highest BCUT2D eigenvalue weighted by molar-refractivity contribution is 5.97. The zero-order valence-electron chi connectivity index (χ0n) is 16.1. The van der Waals surface area contributed by atoms with Crippen molar-refractivity contribution in [3.63, 3.8) is 0 Å². The number of nitrogen functional groups attached to an aromatic ring is 1. The van der Waals surface area contributed by atoms with E-state index in [1.165, 1.54) is 13.4 Å². The lowest BCUT2D eigenvalue weighted by Gasteiger charge is -2.23. The number of hydrogen-bond acceptors (Lipinski definition) is 7. The van der Waals surface area contributed by atoms with E-state index in [0.717, 1.165) is 17.7 Å². The number of esters is 1. The minimum Gasteiger partial charge on any atom is -0.465 e. The van der Waals surface area contributed by atoms with Crippen LogP contribution in [0.4, 0.5) is 28.7 Å². The van der Waals surface area contributed by atoms with Crippen LogP contribution in [0.25, 0.3) is 0 Å². The van der Waals surface area contributed by atoms with Crippen LogP contribution in [0.5, 0.6) is 0 Å². The molecule has 0 saturated carbocycles. The van der Waals surface area contributed by atoms with Crippen molar-refractivity contribution in [2.24, 2.45) is 0 Å². The number of aromatic nitrogens is 2. The topological polar surface area (TPSA) is 93.4 Å². The molecular weight excluding hydrogens is 354 g/mol. The second kappa shape index (κ2) is 8.39. The molecule has 0 aliphatic rings. The van der Waals surface area contributed by atoms with E-state index in [1.54, 1.807) is 24.1 Å². The molecule has 0 amide bonds. The predicted octanol–water partition coefficient (Wildman–Crippen LogP) is 3.92. The fourth-order valence-electron chi connectivity index (χ4n) is 2.99. The number of methoxy groups -OCH3 is 1. The van der Waals surface area contributed by atoms with Gasteiger partial charge in [-0.1, -0.05) is 37.3 Å². The number of carbonyl (C=O) groups excluding carboxylic acids is 1. The molecule has 0 saturated heterocycles. The number of nitrogens with two attached hydrogens (primary N) is 1. The summed E-state index contributed by atoms with van der Waals surface area (Å²) in [5.41, 5.74) is 9.93. The van der Waals surface area contributed by atoms with Crippen LogP contribution in [0.2, 0.25) is 0 Å². The zero-order valence-corrected chi connectivity index (χ0v) is 16.1. The molecule has 7 nitrogen and oxygen atoms in total. The maximum Gasteiger partial charge on any atom is 0.339 e. The summed E-state index contributed by atoms with van der Waals surface area (Å²) < 4.78 is 4.88. The Labute approximate surface area is 164 Å². The van der Waals surface area contributed by atoms with Crippen LogP contribution in [0, 0.1) is 0 Å². The Morgan fingerprint density at radius 1 is 1.14 bits per heavy atom. The normalized spacial score (nSPS) is 10.4.